The maximum atomic E-state index is 12.2. The first-order valence-electron chi connectivity index (χ1n) is 5.39. The van der Waals surface area contributed by atoms with Crippen molar-refractivity contribution in [3.05, 3.63) is 0 Å². The van der Waals surface area contributed by atoms with Gasteiger partial charge in [0.15, 0.2) is 0 Å². The Morgan fingerprint density at radius 1 is 1.53 bits per heavy atom. The zero-order chi connectivity index (χ0) is 12.1. The number of amides is 1. The highest BCUT2D eigenvalue weighted by atomic mass is 16.5. The molecule has 1 N–H and O–H groups in total. The summed E-state index contributed by atoms with van der Waals surface area (Å²) in [4.78, 5) is 14.0. The van der Waals surface area contributed by atoms with Gasteiger partial charge in [0.2, 0.25) is 5.91 Å². The van der Waals surface area contributed by atoms with Crippen LogP contribution in [0.15, 0.2) is 0 Å². The molecule has 0 saturated carbocycles. The first-order chi connectivity index (χ1) is 6.90. The van der Waals surface area contributed by atoms with Gasteiger partial charge < -0.3 is 15.0 Å². The summed E-state index contributed by atoms with van der Waals surface area (Å²) in [6.07, 6.45) is 0. The second kappa shape index (κ2) is 6.08. The lowest BCUT2D eigenvalue weighted by molar-refractivity contribution is -0.139. The molecule has 0 aliphatic rings. The van der Waals surface area contributed by atoms with Gasteiger partial charge in [-0.05, 0) is 34.7 Å². The van der Waals surface area contributed by atoms with Crippen LogP contribution in [0.2, 0.25) is 0 Å². The number of ether oxygens (including phenoxy) is 1. The van der Waals surface area contributed by atoms with Gasteiger partial charge in [0.05, 0.1) is 18.2 Å². The minimum Gasteiger partial charge on any atom is -0.383 e. The van der Waals surface area contributed by atoms with Crippen molar-refractivity contribution in [1.29, 1.82) is 0 Å². The van der Waals surface area contributed by atoms with Crippen LogP contribution >= 0.6 is 0 Å². The number of likely N-dealkylation sites (N-methyl/N-ethyl adjacent to an activating group) is 2. The maximum Gasteiger partial charge on any atom is 0.242 e. The summed E-state index contributed by atoms with van der Waals surface area (Å²) in [5.41, 5.74) is -0.516. The highest BCUT2D eigenvalue weighted by Crippen LogP contribution is 2.10. The molecule has 0 saturated heterocycles. The zero-order valence-corrected chi connectivity index (χ0v) is 10.8. The molecule has 1 amide bonds. The van der Waals surface area contributed by atoms with Crippen molar-refractivity contribution in [3.8, 4) is 0 Å². The second-order valence-electron chi connectivity index (χ2n) is 4.27. The Kier molecular flexibility index (Phi) is 5.83. The van der Waals surface area contributed by atoms with E-state index in [0.717, 1.165) is 0 Å². The van der Waals surface area contributed by atoms with Crippen LogP contribution in [-0.4, -0.2) is 49.7 Å². The van der Waals surface area contributed by atoms with Gasteiger partial charge in [-0.15, -0.1) is 0 Å². The van der Waals surface area contributed by atoms with E-state index in [1.807, 2.05) is 32.6 Å². The molecule has 0 aromatic rings. The predicted molar refractivity (Wildman–Crippen MR) is 61.9 cm³/mol. The van der Waals surface area contributed by atoms with E-state index in [0.29, 0.717) is 13.2 Å². The maximum absolute atomic E-state index is 12.2. The first kappa shape index (κ1) is 14.4. The number of carbonyl (C=O) groups excluding carboxylic acids is 1. The standard InChI is InChI=1S/C11H24N2O2/c1-7-13(9(2)8-15-6)10(14)11(3,4)12-5/h9,12H,7-8H2,1-6H3. The Balaban J connectivity index is 4.60. The predicted octanol–water partition coefficient (Wildman–Crippen LogP) is 0.868. The molecule has 0 fully saturated rings. The molecule has 0 aromatic carbocycles. The van der Waals surface area contributed by atoms with Crippen molar-refractivity contribution in [3.63, 3.8) is 0 Å². The fourth-order valence-electron chi connectivity index (χ4n) is 1.45. The summed E-state index contributed by atoms with van der Waals surface area (Å²) < 4.78 is 5.07. The van der Waals surface area contributed by atoms with E-state index in [1.165, 1.54) is 0 Å². The van der Waals surface area contributed by atoms with Crippen molar-refractivity contribution >= 4 is 5.91 Å². The van der Waals surface area contributed by atoms with E-state index in [2.05, 4.69) is 5.32 Å². The lowest BCUT2D eigenvalue weighted by Crippen LogP contribution is -2.55. The molecule has 0 aliphatic carbocycles. The van der Waals surface area contributed by atoms with E-state index < -0.39 is 5.54 Å². The van der Waals surface area contributed by atoms with E-state index in [-0.39, 0.29) is 11.9 Å². The number of carbonyl (C=O) groups is 1. The SMILES string of the molecule is CCN(C(=O)C(C)(C)NC)C(C)COC. The minimum atomic E-state index is -0.516. The van der Waals surface area contributed by atoms with E-state index in [9.17, 15) is 4.79 Å². The van der Waals surface area contributed by atoms with Gasteiger partial charge >= 0.3 is 0 Å². The van der Waals surface area contributed by atoms with Gasteiger partial charge in [-0.2, -0.15) is 0 Å². The molecule has 4 nitrogen and oxygen atoms in total. The van der Waals surface area contributed by atoms with Crippen molar-refractivity contribution in [2.75, 3.05) is 27.3 Å². The molecule has 1 atom stereocenters. The zero-order valence-electron chi connectivity index (χ0n) is 10.8. The Bertz CT molecular complexity index is 205. The molecule has 0 aliphatic heterocycles. The topological polar surface area (TPSA) is 41.6 Å². The number of methoxy groups -OCH3 is 1. The van der Waals surface area contributed by atoms with E-state index in [1.54, 1.807) is 14.2 Å². The quantitative estimate of drug-likeness (QED) is 0.716. The van der Waals surface area contributed by atoms with Crippen LogP contribution in [0.25, 0.3) is 0 Å². The van der Waals surface area contributed by atoms with Crippen molar-refractivity contribution < 1.29 is 9.53 Å². The third kappa shape index (κ3) is 3.80. The molecule has 0 rings (SSSR count). The van der Waals surface area contributed by atoms with E-state index >= 15 is 0 Å². The number of hydrogen-bond donors (Lipinski definition) is 1. The fourth-order valence-corrected chi connectivity index (χ4v) is 1.45. The summed E-state index contributed by atoms with van der Waals surface area (Å²) in [5.74, 6) is 0.108. The average Bonchev–Trinajstić information content (AvgIpc) is 2.19. The monoisotopic (exact) mass is 216 g/mol. The van der Waals surface area contributed by atoms with Crippen LogP contribution in [0.1, 0.15) is 27.7 Å². The van der Waals surface area contributed by atoms with Crippen molar-refractivity contribution in [1.82, 2.24) is 10.2 Å². The Morgan fingerprint density at radius 2 is 2.07 bits per heavy atom. The number of nitrogens with one attached hydrogen (secondary N) is 1. The van der Waals surface area contributed by atoms with Gasteiger partial charge in [0, 0.05) is 13.7 Å². The smallest absolute Gasteiger partial charge is 0.242 e. The summed E-state index contributed by atoms with van der Waals surface area (Å²) in [6, 6.07) is 0.111. The van der Waals surface area contributed by atoms with Crippen LogP contribution in [0.3, 0.4) is 0 Å². The highest BCUT2D eigenvalue weighted by Gasteiger charge is 2.31. The Morgan fingerprint density at radius 3 is 2.40 bits per heavy atom. The van der Waals surface area contributed by atoms with Crippen LogP contribution in [-0.2, 0) is 9.53 Å². The van der Waals surface area contributed by atoms with Crippen LogP contribution in [0.4, 0.5) is 0 Å². The van der Waals surface area contributed by atoms with Crippen LogP contribution in [0.5, 0.6) is 0 Å². The first-order valence-corrected chi connectivity index (χ1v) is 5.39. The van der Waals surface area contributed by atoms with Gasteiger partial charge in [-0.25, -0.2) is 0 Å². The lowest BCUT2D eigenvalue weighted by atomic mass is 10.0. The summed E-state index contributed by atoms with van der Waals surface area (Å²) in [5, 5.41) is 3.02. The molecule has 15 heavy (non-hydrogen) atoms. The third-order valence-electron chi connectivity index (χ3n) is 2.70. The minimum absolute atomic E-state index is 0.108. The largest absolute Gasteiger partial charge is 0.383 e. The van der Waals surface area contributed by atoms with E-state index in [4.69, 9.17) is 4.74 Å². The second-order valence-corrected chi connectivity index (χ2v) is 4.27. The normalized spacial score (nSPS) is 13.7. The summed E-state index contributed by atoms with van der Waals surface area (Å²) in [6.45, 7) is 9.02. The van der Waals surface area contributed by atoms with Crippen LogP contribution in [0, 0.1) is 0 Å². The Labute approximate surface area is 93.0 Å². The lowest BCUT2D eigenvalue weighted by Gasteiger charge is -2.34. The van der Waals surface area contributed by atoms with Gasteiger partial charge in [-0.1, -0.05) is 0 Å². The Hall–Kier alpha value is -0.610. The number of hydrogen-bond acceptors (Lipinski definition) is 3. The molecule has 0 bridgehead atoms. The summed E-state index contributed by atoms with van der Waals surface area (Å²) in [7, 11) is 3.45. The molecule has 0 spiro atoms. The highest BCUT2D eigenvalue weighted by molar-refractivity contribution is 5.85. The number of rotatable bonds is 6. The van der Waals surface area contributed by atoms with Crippen molar-refractivity contribution in [2.24, 2.45) is 0 Å². The van der Waals surface area contributed by atoms with Crippen LogP contribution < -0.4 is 5.32 Å². The molecular formula is C11H24N2O2. The molecule has 0 radical (unpaired) electrons. The third-order valence-corrected chi connectivity index (χ3v) is 2.70. The molecule has 0 heterocycles. The fraction of sp³-hybridized carbons (Fsp3) is 0.909. The van der Waals surface area contributed by atoms with Gasteiger partial charge in [0.25, 0.3) is 0 Å². The summed E-state index contributed by atoms with van der Waals surface area (Å²) >= 11 is 0. The molecule has 0 aromatic heterocycles. The average molecular weight is 216 g/mol. The van der Waals surface area contributed by atoms with Crippen molar-refractivity contribution in [2.45, 2.75) is 39.3 Å². The molecular weight excluding hydrogens is 192 g/mol. The van der Waals surface area contributed by atoms with Gasteiger partial charge in [-0.3, -0.25) is 4.79 Å². The molecule has 4 heteroatoms. The number of nitrogens with zero attached hydrogens (tertiary/aromatic N) is 1. The van der Waals surface area contributed by atoms with Gasteiger partial charge in [0.1, 0.15) is 0 Å². The molecule has 1 unspecified atom stereocenters. The molecule has 90 valence electrons.